The van der Waals surface area contributed by atoms with E-state index in [9.17, 15) is 4.79 Å². The second-order valence-corrected chi connectivity index (χ2v) is 2.81. The van der Waals surface area contributed by atoms with E-state index in [2.05, 4.69) is 10.3 Å². The van der Waals surface area contributed by atoms with Gasteiger partial charge in [0.15, 0.2) is 0 Å². The maximum absolute atomic E-state index is 11.2. The molecule has 0 saturated carbocycles. The molecule has 1 rings (SSSR count). The molecule has 0 radical (unpaired) electrons. The number of aromatic nitrogens is 1. The van der Waals surface area contributed by atoms with Crippen LogP contribution in [0.5, 0.6) is 0 Å². The molecule has 4 heteroatoms. The molecule has 0 spiro atoms. The third kappa shape index (κ3) is 2.91. The second kappa shape index (κ2) is 4.67. The molecular weight excluding hydrogens is 168 g/mol. The van der Waals surface area contributed by atoms with Crippen molar-refractivity contribution in [1.82, 2.24) is 10.3 Å². The number of hydrogen-bond donors (Lipinski definition) is 2. The van der Waals surface area contributed by atoms with Crippen LogP contribution in [-0.4, -0.2) is 24.1 Å². The second-order valence-electron chi connectivity index (χ2n) is 2.81. The Labute approximate surface area is 77.3 Å². The number of aromatic amines is 1. The van der Waals surface area contributed by atoms with Crippen LogP contribution in [0.15, 0.2) is 18.5 Å². The fourth-order valence-electron chi connectivity index (χ4n) is 0.908. The van der Waals surface area contributed by atoms with Crippen LogP contribution in [0.2, 0.25) is 0 Å². The quantitative estimate of drug-likeness (QED) is 0.719. The van der Waals surface area contributed by atoms with E-state index in [4.69, 9.17) is 4.74 Å². The van der Waals surface area contributed by atoms with E-state index in [0.717, 1.165) is 5.56 Å². The molecular formula is C9H14N2O2. The summed E-state index contributed by atoms with van der Waals surface area (Å²) in [5.74, 6) is -0.0938. The Balaban J connectivity index is 2.31. The van der Waals surface area contributed by atoms with Gasteiger partial charge in [-0.05, 0) is 18.6 Å². The molecule has 0 saturated heterocycles. The summed E-state index contributed by atoms with van der Waals surface area (Å²) in [6.45, 7) is 2.25. The maximum atomic E-state index is 11.2. The van der Waals surface area contributed by atoms with Crippen molar-refractivity contribution in [2.75, 3.05) is 7.11 Å². The molecule has 1 aromatic heterocycles. The smallest absolute Gasteiger partial charge is 0.249 e. The van der Waals surface area contributed by atoms with Gasteiger partial charge in [0.05, 0.1) is 0 Å². The predicted molar refractivity (Wildman–Crippen MR) is 49.1 cm³/mol. The summed E-state index contributed by atoms with van der Waals surface area (Å²) in [5.41, 5.74) is 1.05. The van der Waals surface area contributed by atoms with E-state index in [1.165, 1.54) is 7.11 Å². The molecule has 4 nitrogen and oxygen atoms in total. The van der Waals surface area contributed by atoms with Crippen LogP contribution in [-0.2, 0) is 16.1 Å². The van der Waals surface area contributed by atoms with E-state index < -0.39 is 0 Å². The Morgan fingerprint density at radius 2 is 2.54 bits per heavy atom. The number of nitrogens with one attached hydrogen (secondary N) is 2. The fourth-order valence-corrected chi connectivity index (χ4v) is 0.908. The van der Waals surface area contributed by atoms with Crippen LogP contribution in [0.4, 0.5) is 0 Å². The van der Waals surface area contributed by atoms with E-state index >= 15 is 0 Å². The summed E-state index contributed by atoms with van der Waals surface area (Å²) < 4.78 is 4.86. The van der Waals surface area contributed by atoms with Crippen LogP contribution in [0, 0.1) is 0 Å². The average Bonchev–Trinajstić information content (AvgIpc) is 2.65. The van der Waals surface area contributed by atoms with Crippen LogP contribution in [0.3, 0.4) is 0 Å². The van der Waals surface area contributed by atoms with Crippen molar-refractivity contribution in [2.24, 2.45) is 0 Å². The molecule has 0 fully saturated rings. The largest absolute Gasteiger partial charge is 0.372 e. The lowest BCUT2D eigenvalue weighted by Gasteiger charge is -2.09. The van der Waals surface area contributed by atoms with Gasteiger partial charge < -0.3 is 15.0 Å². The van der Waals surface area contributed by atoms with Crippen molar-refractivity contribution in [3.05, 3.63) is 24.0 Å². The Hall–Kier alpha value is -1.29. The van der Waals surface area contributed by atoms with Gasteiger partial charge in [-0.25, -0.2) is 0 Å². The Morgan fingerprint density at radius 1 is 1.77 bits per heavy atom. The molecule has 13 heavy (non-hydrogen) atoms. The zero-order valence-corrected chi connectivity index (χ0v) is 7.83. The van der Waals surface area contributed by atoms with Crippen molar-refractivity contribution < 1.29 is 9.53 Å². The number of carbonyl (C=O) groups is 1. The van der Waals surface area contributed by atoms with Crippen LogP contribution in [0.1, 0.15) is 12.5 Å². The molecule has 72 valence electrons. The summed E-state index contributed by atoms with van der Waals surface area (Å²) >= 11 is 0. The molecule has 0 aromatic carbocycles. The van der Waals surface area contributed by atoms with Gasteiger partial charge in [0.25, 0.3) is 0 Å². The summed E-state index contributed by atoms with van der Waals surface area (Å²) in [4.78, 5) is 14.1. The van der Waals surface area contributed by atoms with Gasteiger partial charge in [-0.15, -0.1) is 0 Å². The van der Waals surface area contributed by atoms with Gasteiger partial charge in [0, 0.05) is 26.0 Å². The normalized spacial score (nSPS) is 12.5. The molecule has 1 amide bonds. The highest BCUT2D eigenvalue weighted by Gasteiger charge is 2.09. The van der Waals surface area contributed by atoms with Crippen molar-refractivity contribution in [1.29, 1.82) is 0 Å². The van der Waals surface area contributed by atoms with Gasteiger partial charge >= 0.3 is 0 Å². The summed E-state index contributed by atoms with van der Waals surface area (Å²) in [7, 11) is 1.51. The van der Waals surface area contributed by atoms with Gasteiger partial charge in [0.2, 0.25) is 5.91 Å². The van der Waals surface area contributed by atoms with Gasteiger partial charge in [-0.3, -0.25) is 4.79 Å². The molecule has 2 N–H and O–H groups in total. The standard InChI is InChI=1S/C9H14N2O2/c1-7(13-2)9(12)11-6-8-3-4-10-5-8/h3-5,7,10H,6H2,1-2H3,(H,11,12). The SMILES string of the molecule is COC(C)C(=O)NCc1cc[nH]c1. The van der Waals surface area contributed by atoms with Crippen LogP contribution in [0.25, 0.3) is 0 Å². The molecule has 0 bridgehead atoms. The molecule has 0 aliphatic heterocycles. The molecule has 1 atom stereocenters. The zero-order chi connectivity index (χ0) is 9.68. The average molecular weight is 182 g/mol. The van der Waals surface area contributed by atoms with Gasteiger partial charge in [-0.2, -0.15) is 0 Å². The lowest BCUT2D eigenvalue weighted by Crippen LogP contribution is -2.33. The number of H-pyrrole nitrogens is 1. The maximum Gasteiger partial charge on any atom is 0.249 e. The van der Waals surface area contributed by atoms with E-state index in [-0.39, 0.29) is 12.0 Å². The lowest BCUT2D eigenvalue weighted by molar-refractivity contribution is -0.130. The first-order chi connectivity index (χ1) is 6.24. The van der Waals surface area contributed by atoms with E-state index in [1.807, 2.05) is 18.5 Å². The highest BCUT2D eigenvalue weighted by Crippen LogP contribution is 1.96. The first-order valence-corrected chi connectivity index (χ1v) is 4.16. The number of carbonyl (C=O) groups excluding carboxylic acids is 1. The van der Waals surface area contributed by atoms with Gasteiger partial charge in [0.1, 0.15) is 6.10 Å². The van der Waals surface area contributed by atoms with E-state index in [1.54, 1.807) is 6.92 Å². The Kier molecular flexibility index (Phi) is 3.52. The predicted octanol–water partition coefficient (Wildman–Crippen LogP) is 0.666. The minimum absolute atomic E-state index is 0.0938. The molecule has 0 aliphatic rings. The Morgan fingerprint density at radius 3 is 3.08 bits per heavy atom. The minimum atomic E-state index is -0.390. The van der Waals surface area contributed by atoms with Crippen LogP contribution >= 0.6 is 0 Å². The number of rotatable bonds is 4. The number of ether oxygens (including phenoxy) is 1. The first-order valence-electron chi connectivity index (χ1n) is 4.16. The molecule has 0 aliphatic carbocycles. The van der Waals surface area contributed by atoms with Gasteiger partial charge in [-0.1, -0.05) is 0 Å². The van der Waals surface area contributed by atoms with Crippen molar-refractivity contribution >= 4 is 5.91 Å². The fraction of sp³-hybridized carbons (Fsp3) is 0.444. The molecule has 1 aromatic rings. The van der Waals surface area contributed by atoms with Crippen molar-refractivity contribution in [2.45, 2.75) is 19.6 Å². The highest BCUT2D eigenvalue weighted by atomic mass is 16.5. The van der Waals surface area contributed by atoms with Crippen molar-refractivity contribution in [3.8, 4) is 0 Å². The summed E-state index contributed by atoms with van der Waals surface area (Å²) in [6.07, 6.45) is 3.28. The van der Waals surface area contributed by atoms with Crippen molar-refractivity contribution in [3.63, 3.8) is 0 Å². The monoisotopic (exact) mass is 182 g/mol. The summed E-state index contributed by atoms with van der Waals surface area (Å²) in [6, 6.07) is 1.91. The minimum Gasteiger partial charge on any atom is -0.372 e. The number of amides is 1. The first kappa shape index (κ1) is 9.80. The van der Waals surface area contributed by atoms with E-state index in [0.29, 0.717) is 6.54 Å². The lowest BCUT2D eigenvalue weighted by atomic mass is 10.3. The molecule has 1 unspecified atom stereocenters. The number of hydrogen-bond acceptors (Lipinski definition) is 2. The third-order valence-electron chi connectivity index (χ3n) is 1.85. The number of methoxy groups -OCH3 is 1. The highest BCUT2D eigenvalue weighted by molar-refractivity contribution is 5.80. The third-order valence-corrected chi connectivity index (χ3v) is 1.85. The Bertz CT molecular complexity index is 257. The zero-order valence-electron chi connectivity index (χ0n) is 7.83. The van der Waals surface area contributed by atoms with Crippen LogP contribution < -0.4 is 5.32 Å². The topological polar surface area (TPSA) is 54.1 Å². The molecule has 1 heterocycles. The summed E-state index contributed by atoms with van der Waals surface area (Å²) in [5, 5.41) is 2.75.